The van der Waals surface area contributed by atoms with E-state index in [2.05, 4.69) is 13.0 Å². The van der Waals surface area contributed by atoms with Gasteiger partial charge in [0.25, 0.3) is 0 Å². The van der Waals surface area contributed by atoms with Gasteiger partial charge in [-0.25, -0.2) is 0 Å². The number of fused-ring (bicyclic) bond motifs is 2. The normalized spacial score (nSPS) is 17.3. The molecule has 1 heterocycles. The van der Waals surface area contributed by atoms with Crippen LogP contribution in [0.25, 0.3) is 0 Å². The standard InChI is InChI=1S/C16H16O2/c1-2-11-7-5-9-14-15(11)16(17)13-8-4-3-6-12(13)10-18-14/h3-9,16-17H,2,10H2,1H3. The van der Waals surface area contributed by atoms with E-state index in [-0.39, 0.29) is 0 Å². The molecule has 0 saturated heterocycles. The van der Waals surface area contributed by atoms with Gasteiger partial charge in [-0.15, -0.1) is 0 Å². The molecule has 0 spiro atoms. The molecule has 18 heavy (non-hydrogen) atoms. The van der Waals surface area contributed by atoms with Gasteiger partial charge in [-0.2, -0.15) is 0 Å². The maximum absolute atomic E-state index is 10.6. The molecule has 0 bridgehead atoms. The molecule has 0 radical (unpaired) electrons. The third-order valence-electron chi connectivity index (χ3n) is 3.54. The van der Waals surface area contributed by atoms with E-state index in [9.17, 15) is 5.11 Å². The van der Waals surface area contributed by atoms with Gasteiger partial charge in [0.1, 0.15) is 18.5 Å². The first-order chi connectivity index (χ1) is 8.81. The zero-order valence-corrected chi connectivity index (χ0v) is 10.4. The van der Waals surface area contributed by atoms with Crippen LogP contribution in [0.5, 0.6) is 5.75 Å². The van der Waals surface area contributed by atoms with E-state index in [1.54, 1.807) is 0 Å². The second kappa shape index (κ2) is 4.46. The van der Waals surface area contributed by atoms with Gasteiger partial charge >= 0.3 is 0 Å². The van der Waals surface area contributed by atoms with E-state index in [1.807, 2.05) is 36.4 Å². The van der Waals surface area contributed by atoms with Crippen LogP contribution in [0.4, 0.5) is 0 Å². The van der Waals surface area contributed by atoms with Crippen molar-refractivity contribution in [1.29, 1.82) is 0 Å². The highest BCUT2D eigenvalue weighted by Crippen LogP contribution is 2.37. The second-order valence-electron chi connectivity index (χ2n) is 4.57. The SMILES string of the molecule is CCc1cccc2c1C(O)c1ccccc1CO2. The van der Waals surface area contributed by atoms with Gasteiger partial charge in [0, 0.05) is 5.56 Å². The molecule has 1 atom stereocenters. The Hall–Kier alpha value is -1.80. The molecule has 3 rings (SSSR count). The molecule has 0 aliphatic carbocycles. The summed E-state index contributed by atoms with van der Waals surface area (Å²) in [5.41, 5.74) is 4.09. The number of benzene rings is 2. The first-order valence-corrected chi connectivity index (χ1v) is 6.31. The molecule has 1 aliphatic rings. The van der Waals surface area contributed by atoms with Crippen molar-refractivity contribution in [3.8, 4) is 5.75 Å². The smallest absolute Gasteiger partial charge is 0.126 e. The number of hydrogen-bond donors (Lipinski definition) is 1. The van der Waals surface area contributed by atoms with E-state index < -0.39 is 6.10 Å². The molecule has 92 valence electrons. The Morgan fingerprint density at radius 1 is 1.17 bits per heavy atom. The zero-order chi connectivity index (χ0) is 12.5. The van der Waals surface area contributed by atoms with Crippen LogP contribution in [0.3, 0.4) is 0 Å². The highest BCUT2D eigenvalue weighted by atomic mass is 16.5. The van der Waals surface area contributed by atoms with Crippen LogP contribution >= 0.6 is 0 Å². The van der Waals surface area contributed by atoms with Crippen molar-refractivity contribution in [2.45, 2.75) is 26.1 Å². The lowest BCUT2D eigenvalue weighted by Gasteiger charge is -2.16. The largest absolute Gasteiger partial charge is 0.488 e. The van der Waals surface area contributed by atoms with E-state index in [1.165, 1.54) is 0 Å². The number of hydrogen-bond acceptors (Lipinski definition) is 2. The van der Waals surface area contributed by atoms with Crippen LogP contribution in [0.15, 0.2) is 42.5 Å². The first kappa shape index (κ1) is 11.3. The van der Waals surface area contributed by atoms with Gasteiger partial charge in [-0.1, -0.05) is 43.3 Å². The molecule has 2 aromatic rings. The van der Waals surface area contributed by atoms with E-state index in [0.29, 0.717) is 6.61 Å². The van der Waals surface area contributed by atoms with Crippen LogP contribution in [-0.2, 0) is 13.0 Å². The van der Waals surface area contributed by atoms with E-state index in [4.69, 9.17) is 4.74 Å². The van der Waals surface area contributed by atoms with Crippen molar-refractivity contribution in [2.75, 3.05) is 0 Å². The highest BCUT2D eigenvalue weighted by Gasteiger charge is 2.24. The number of aryl methyl sites for hydroxylation is 1. The molecule has 0 aromatic heterocycles. The lowest BCUT2D eigenvalue weighted by atomic mass is 9.93. The molecule has 0 fully saturated rings. The van der Waals surface area contributed by atoms with Crippen molar-refractivity contribution in [1.82, 2.24) is 0 Å². The molecule has 2 aromatic carbocycles. The Morgan fingerprint density at radius 3 is 2.83 bits per heavy atom. The summed E-state index contributed by atoms with van der Waals surface area (Å²) in [7, 11) is 0. The van der Waals surface area contributed by atoms with Gasteiger partial charge in [0.15, 0.2) is 0 Å². The topological polar surface area (TPSA) is 29.5 Å². The van der Waals surface area contributed by atoms with E-state index in [0.717, 1.165) is 34.4 Å². The Morgan fingerprint density at radius 2 is 2.00 bits per heavy atom. The predicted molar refractivity (Wildman–Crippen MR) is 70.7 cm³/mol. The quantitative estimate of drug-likeness (QED) is 0.829. The fourth-order valence-corrected chi connectivity index (χ4v) is 2.58. The molecular weight excluding hydrogens is 224 g/mol. The molecule has 1 unspecified atom stereocenters. The maximum atomic E-state index is 10.6. The van der Waals surface area contributed by atoms with Gasteiger partial charge < -0.3 is 9.84 Å². The number of aliphatic hydroxyl groups excluding tert-OH is 1. The van der Waals surface area contributed by atoms with Gasteiger partial charge in [0.05, 0.1) is 0 Å². The van der Waals surface area contributed by atoms with Crippen LogP contribution in [0, 0.1) is 0 Å². The van der Waals surface area contributed by atoms with Crippen molar-refractivity contribution in [3.63, 3.8) is 0 Å². The Labute approximate surface area is 107 Å². The van der Waals surface area contributed by atoms with Crippen LogP contribution in [0.2, 0.25) is 0 Å². The minimum Gasteiger partial charge on any atom is -0.488 e. The Bertz CT molecular complexity index is 575. The molecule has 2 heteroatoms. The summed E-state index contributed by atoms with van der Waals surface area (Å²) in [5.74, 6) is 0.804. The fourth-order valence-electron chi connectivity index (χ4n) is 2.58. The summed E-state index contributed by atoms with van der Waals surface area (Å²) < 4.78 is 5.83. The lowest BCUT2D eigenvalue weighted by molar-refractivity contribution is 0.217. The maximum Gasteiger partial charge on any atom is 0.126 e. The molecular formula is C16H16O2. The Balaban J connectivity index is 2.20. The van der Waals surface area contributed by atoms with Gasteiger partial charge in [-0.3, -0.25) is 0 Å². The second-order valence-corrected chi connectivity index (χ2v) is 4.57. The number of aliphatic hydroxyl groups is 1. The zero-order valence-electron chi connectivity index (χ0n) is 10.4. The van der Waals surface area contributed by atoms with Crippen molar-refractivity contribution in [3.05, 3.63) is 64.7 Å². The van der Waals surface area contributed by atoms with Crippen LogP contribution in [-0.4, -0.2) is 5.11 Å². The third-order valence-corrected chi connectivity index (χ3v) is 3.54. The molecule has 0 saturated carbocycles. The molecule has 0 amide bonds. The minimum absolute atomic E-state index is 0.521. The minimum atomic E-state index is -0.588. The van der Waals surface area contributed by atoms with Crippen molar-refractivity contribution >= 4 is 0 Å². The average molecular weight is 240 g/mol. The summed E-state index contributed by atoms with van der Waals surface area (Å²) in [5, 5.41) is 10.6. The summed E-state index contributed by atoms with van der Waals surface area (Å²) in [6.07, 6.45) is 0.307. The first-order valence-electron chi connectivity index (χ1n) is 6.31. The highest BCUT2D eigenvalue weighted by molar-refractivity contribution is 5.49. The molecule has 2 nitrogen and oxygen atoms in total. The number of rotatable bonds is 1. The molecule has 1 aliphatic heterocycles. The third kappa shape index (κ3) is 1.70. The molecule has 1 N–H and O–H groups in total. The summed E-state index contributed by atoms with van der Waals surface area (Å²) in [6, 6.07) is 13.9. The summed E-state index contributed by atoms with van der Waals surface area (Å²) in [6.45, 7) is 2.62. The predicted octanol–water partition coefficient (Wildman–Crippen LogP) is 3.22. The van der Waals surface area contributed by atoms with E-state index >= 15 is 0 Å². The summed E-state index contributed by atoms with van der Waals surface area (Å²) in [4.78, 5) is 0. The van der Waals surface area contributed by atoms with Crippen LogP contribution in [0.1, 0.15) is 35.3 Å². The summed E-state index contributed by atoms with van der Waals surface area (Å²) >= 11 is 0. The van der Waals surface area contributed by atoms with Gasteiger partial charge in [-0.05, 0) is 29.2 Å². The lowest BCUT2D eigenvalue weighted by Crippen LogP contribution is -2.04. The average Bonchev–Trinajstić information content (AvgIpc) is 2.57. The van der Waals surface area contributed by atoms with Gasteiger partial charge in [0.2, 0.25) is 0 Å². The Kier molecular flexibility index (Phi) is 2.80. The van der Waals surface area contributed by atoms with Crippen molar-refractivity contribution in [2.24, 2.45) is 0 Å². The fraction of sp³-hybridized carbons (Fsp3) is 0.250. The van der Waals surface area contributed by atoms with Crippen molar-refractivity contribution < 1.29 is 9.84 Å². The number of ether oxygens (including phenoxy) is 1. The van der Waals surface area contributed by atoms with Crippen LogP contribution < -0.4 is 4.74 Å². The monoisotopic (exact) mass is 240 g/mol.